The predicted octanol–water partition coefficient (Wildman–Crippen LogP) is 8.21. The van der Waals surface area contributed by atoms with Crippen LogP contribution in [0.1, 0.15) is 5.56 Å². The van der Waals surface area contributed by atoms with Gasteiger partial charge in [-0.05, 0) is 66.2 Å². The second-order valence-electron chi connectivity index (χ2n) is 9.85. The van der Waals surface area contributed by atoms with Crippen LogP contribution in [0, 0.1) is 11.3 Å². The van der Waals surface area contributed by atoms with E-state index in [0.717, 1.165) is 55.6 Å². The Labute approximate surface area is 229 Å². The van der Waals surface area contributed by atoms with Crippen molar-refractivity contribution in [1.82, 2.24) is 19.1 Å². The van der Waals surface area contributed by atoms with E-state index >= 15 is 0 Å². The number of pyridine rings is 2. The zero-order chi connectivity index (χ0) is 26.6. The summed E-state index contributed by atoms with van der Waals surface area (Å²) in [5.74, 6) is 0. The third-order valence-corrected chi connectivity index (χ3v) is 7.63. The summed E-state index contributed by atoms with van der Waals surface area (Å²) in [6, 6.07) is 41.8. The molecule has 0 atom stereocenters. The van der Waals surface area contributed by atoms with Crippen molar-refractivity contribution in [1.29, 1.82) is 5.26 Å². The number of aromatic nitrogens is 4. The maximum absolute atomic E-state index is 10.1. The van der Waals surface area contributed by atoms with E-state index < -0.39 is 0 Å². The monoisotopic (exact) mass is 511 g/mol. The third-order valence-electron chi connectivity index (χ3n) is 7.63. The predicted molar refractivity (Wildman–Crippen MR) is 161 cm³/mol. The Morgan fingerprint density at radius 1 is 0.550 bits per heavy atom. The molecule has 40 heavy (non-hydrogen) atoms. The maximum atomic E-state index is 10.1. The fourth-order valence-corrected chi connectivity index (χ4v) is 5.97. The summed E-state index contributed by atoms with van der Waals surface area (Å²) in [6.45, 7) is 0. The molecule has 0 fully saturated rings. The Hall–Kier alpha value is -5.73. The van der Waals surface area contributed by atoms with Gasteiger partial charge < -0.3 is 4.57 Å². The second kappa shape index (κ2) is 8.65. The van der Waals surface area contributed by atoms with Crippen LogP contribution < -0.4 is 0 Å². The summed E-state index contributed by atoms with van der Waals surface area (Å²) >= 11 is 0. The Morgan fingerprint density at radius 2 is 1.12 bits per heavy atom. The molecule has 8 aromatic rings. The number of rotatable bonds is 3. The second-order valence-corrected chi connectivity index (χ2v) is 9.85. The van der Waals surface area contributed by atoms with Gasteiger partial charge in [-0.2, -0.15) is 5.26 Å². The molecule has 0 spiro atoms. The van der Waals surface area contributed by atoms with E-state index in [1.54, 1.807) is 12.4 Å². The Kier molecular flexibility index (Phi) is 4.82. The van der Waals surface area contributed by atoms with Crippen LogP contribution in [-0.2, 0) is 0 Å². The lowest BCUT2D eigenvalue weighted by atomic mass is 10.00. The summed E-state index contributed by atoms with van der Waals surface area (Å²) < 4.78 is 4.38. The van der Waals surface area contributed by atoms with Crippen LogP contribution in [0.15, 0.2) is 128 Å². The highest BCUT2D eigenvalue weighted by Crippen LogP contribution is 2.37. The van der Waals surface area contributed by atoms with Crippen LogP contribution in [-0.4, -0.2) is 19.1 Å². The molecular weight excluding hydrogens is 490 g/mol. The average molecular weight is 512 g/mol. The van der Waals surface area contributed by atoms with Gasteiger partial charge in [0.05, 0.1) is 34.0 Å². The molecule has 8 rings (SSSR count). The van der Waals surface area contributed by atoms with Crippen LogP contribution >= 0.6 is 0 Å². The first-order valence-electron chi connectivity index (χ1n) is 13.2. The zero-order valence-electron chi connectivity index (χ0n) is 21.4. The van der Waals surface area contributed by atoms with Crippen LogP contribution in [0.5, 0.6) is 0 Å². The van der Waals surface area contributed by atoms with Gasteiger partial charge in [-0.1, -0.05) is 54.6 Å². The molecule has 0 aliphatic rings. The average Bonchev–Trinajstić information content (AvgIpc) is 3.54. The van der Waals surface area contributed by atoms with Gasteiger partial charge in [0.1, 0.15) is 11.3 Å². The highest BCUT2D eigenvalue weighted by molar-refractivity contribution is 6.10. The number of nitrogens with zero attached hydrogens (tertiary/aromatic N) is 5. The molecule has 4 aromatic carbocycles. The molecule has 4 heterocycles. The van der Waals surface area contributed by atoms with Crippen molar-refractivity contribution in [2.45, 2.75) is 0 Å². The molecule has 0 saturated carbocycles. The minimum Gasteiger partial charge on any atom is -0.309 e. The van der Waals surface area contributed by atoms with Gasteiger partial charge >= 0.3 is 0 Å². The van der Waals surface area contributed by atoms with E-state index in [1.807, 2.05) is 24.3 Å². The van der Waals surface area contributed by atoms with Crippen molar-refractivity contribution >= 4 is 43.9 Å². The molecule has 0 saturated heterocycles. The van der Waals surface area contributed by atoms with Gasteiger partial charge in [0, 0.05) is 39.5 Å². The lowest BCUT2D eigenvalue weighted by molar-refractivity contribution is 1.10. The number of para-hydroxylation sites is 3. The number of benzene rings is 4. The molecular formula is C35H21N5. The Balaban J connectivity index is 1.43. The van der Waals surface area contributed by atoms with Crippen molar-refractivity contribution in [3.8, 4) is 28.6 Å². The van der Waals surface area contributed by atoms with Crippen LogP contribution in [0.25, 0.3) is 66.4 Å². The Bertz CT molecular complexity index is 2190. The standard InChI is InChI=1S/C35H21N5/c36-22-23-19-24(21-25(20-23)39-34-29(12-7-17-37-34)30-13-8-18-38-35(30)39)26-9-1-4-14-31(26)40-32-15-5-2-10-27(32)28-11-3-6-16-33(28)40/h1-21H. The van der Waals surface area contributed by atoms with Crippen molar-refractivity contribution < 1.29 is 0 Å². The number of nitriles is 1. The maximum Gasteiger partial charge on any atom is 0.146 e. The first kappa shape index (κ1) is 22.3. The van der Waals surface area contributed by atoms with Crippen molar-refractivity contribution in [2.75, 3.05) is 0 Å². The lowest BCUT2D eigenvalue weighted by Crippen LogP contribution is -2.00. The summed E-state index contributed by atoms with van der Waals surface area (Å²) in [5.41, 5.74) is 8.38. The van der Waals surface area contributed by atoms with E-state index in [-0.39, 0.29) is 0 Å². The van der Waals surface area contributed by atoms with Crippen molar-refractivity contribution in [2.24, 2.45) is 0 Å². The normalized spacial score (nSPS) is 11.5. The smallest absolute Gasteiger partial charge is 0.146 e. The van der Waals surface area contributed by atoms with Crippen LogP contribution in [0.4, 0.5) is 0 Å². The van der Waals surface area contributed by atoms with Gasteiger partial charge in [0.2, 0.25) is 0 Å². The highest BCUT2D eigenvalue weighted by Gasteiger charge is 2.18. The molecule has 0 aliphatic carbocycles. The molecule has 0 unspecified atom stereocenters. The largest absolute Gasteiger partial charge is 0.309 e. The van der Waals surface area contributed by atoms with Gasteiger partial charge in [-0.3, -0.25) is 4.57 Å². The summed E-state index contributed by atoms with van der Waals surface area (Å²) in [7, 11) is 0. The zero-order valence-corrected chi connectivity index (χ0v) is 21.4. The molecule has 0 amide bonds. The van der Waals surface area contributed by atoms with E-state index in [4.69, 9.17) is 9.97 Å². The van der Waals surface area contributed by atoms with E-state index in [2.05, 4.69) is 106 Å². The summed E-state index contributed by atoms with van der Waals surface area (Å²) in [4.78, 5) is 9.43. The molecule has 5 nitrogen and oxygen atoms in total. The van der Waals surface area contributed by atoms with Crippen LogP contribution in [0.3, 0.4) is 0 Å². The molecule has 0 N–H and O–H groups in total. The van der Waals surface area contributed by atoms with Gasteiger partial charge in [-0.15, -0.1) is 0 Å². The number of fused-ring (bicyclic) bond motifs is 6. The highest BCUT2D eigenvalue weighted by atomic mass is 15.1. The van der Waals surface area contributed by atoms with Gasteiger partial charge in [0.25, 0.3) is 0 Å². The van der Waals surface area contributed by atoms with Crippen LogP contribution in [0.2, 0.25) is 0 Å². The molecule has 0 radical (unpaired) electrons. The lowest BCUT2D eigenvalue weighted by Gasteiger charge is -2.16. The van der Waals surface area contributed by atoms with Gasteiger partial charge in [-0.25, -0.2) is 9.97 Å². The first-order chi connectivity index (χ1) is 19.8. The van der Waals surface area contributed by atoms with E-state index in [0.29, 0.717) is 5.56 Å². The fraction of sp³-hybridized carbons (Fsp3) is 0. The number of hydrogen-bond acceptors (Lipinski definition) is 3. The first-order valence-corrected chi connectivity index (χ1v) is 13.2. The topological polar surface area (TPSA) is 59.4 Å². The third kappa shape index (κ3) is 3.20. The van der Waals surface area contributed by atoms with E-state index in [1.165, 1.54) is 10.8 Å². The fourth-order valence-electron chi connectivity index (χ4n) is 5.97. The summed E-state index contributed by atoms with van der Waals surface area (Å²) in [5, 5.41) is 14.6. The molecule has 5 heteroatoms. The molecule has 0 aliphatic heterocycles. The van der Waals surface area contributed by atoms with Gasteiger partial charge in [0.15, 0.2) is 0 Å². The molecule has 186 valence electrons. The quantitative estimate of drug-likeness (QED) is 0.240. The van der Waals surface area contributed by atoms with Crippen molar-refractivity contribution in [3.63, 3.8) is 0 Å². The van der Waals surface area contributed by atoms with Crippen molar-refractivity contribution in [3.05, 3.63) is 133 Å². The van der Waals surface area contributed by atoms with E-state index in [9.17, 15) is 5.26 Å². The summed E-state index contributed by atoms with van der Waals surface area (Å²) in [6.07, 6.45) is 3.59. The molecule has 0 bridgehead atoms. The Morgan fingerprint density at radius 3 is 1.77 bits per heavy atom. The molecule has 4 aromatic heterocycles. The SMILES string of the molecule is N#Cc1cc(-c2ccccc2-n2c3ccccc3c3ccccc32)cc(-n2c3ncccc3c3cccnc32)c1. The minimum atomic E-state index is 0.575. The minimum absolute atomic E-state index is 0.575. The number of hydrogen-bond donors (Lipinski definition) is 0.